The van der Waals surface area contributed by atoms with E-state index in [1.165, 1.54) is 0 Å². The van der Waals surface area contributed by atoms with Crippen LogP contribution in [0.2, 0.25) is 0 Å². The van der Waals surface area contributed by atoms with Crippen LogP contribution < -0.4 is 29.6 Å². The Balaban J connectivity index is 0. The van der Waals surface area contributed by atoms with E-state index in [9.17, 15) is 4.79 Å². The summed E-state index contributed by atoms with van der Waals surface area (Å²) in [5, 5.41) is 42.9. The fraction of sp³-hybridized carbons (Fsp3) is 0.833. The van der Waals surface area contributed by atoms with Crippen LogP contribution in [0.25, 0.3) is 0 Å². The third kappa shape index (κ3) is 4.96. The molecule has 0 aromatic carbocycles. The van der Waals surface area contributed by atoms with Gasteiger partial charge >= 0.3 is 29.6 Å². The van der Waals surface area contributed by atoms with Crippen LogP contribution in [-0.4, -0.2) is 61.7 Å². The minimum absolute atomic E-state index is 0. The molecule has 0 saturated heterocycles. The molecule has 14 heavy (non-hydrogen) atoms. The summed E-state index contributed by atoms with van der Waals surface area (Å²) < 4.78 is 0. The molecule has 0 aliphatic carbocycles. The molecule has 0 spiro atoms. The summed E-state index contributed by atoms with van der Waals surface area (Å²) in [6.45, 7) is -0.795. The molecule has 5 N–H and O–H groups in total. The summed E-state index contributed by atoms with van der Waals surface area (Å²) >= 11 is 4.02. The summed E-state index contributed by atoms with van der Waals surface area (Å²) in [6, 6.07) is 0. The second-order valence-corrected chi connectivity index (χ2v) is 2.90. The number of aliphatic hydroxyl groups excluding tert-OH is 5. The van der Waals surface area contributed by atoms with Gasteiger partial charge in [-0.25, -0.2) is 0 Å². The summed E-state index contributed by atoms with van der Waals surface area (Å²) in [5.41, 5.74) is 0. The molecule has 8 heteroatoms. The molecule has 0 radical (unpaired) electrons. The molecule has 78 valence electrons. The van der Waals surface area contributed by atoms with Crippen molar-refractivity contribution in [3.8, 4) is 0 Å². The van der Waals surface area contributed by atoms with Crippen molar-refractivity contribution in [1.82, 2.24) is 0 Å². The molecule has 0 bridgehead atoms. The maximum absolute atomic E-state index is 10.4. The minimum atomic E-state index is -1.94. The quantitative estimate of drug-likeness (QED) is 0.237. The van der Waals surface area contributed by atoms with E-state index in [-0.39, 0.29) is 29.6 Å². The van der Waals surface area contributed by atoms with Crippen LogP contribution >= 0.6 is 0 Å². The van der Waals surface area contributed by atoms with Crippen molar-refractivity contribution in [1.29, 1.82) is 0 Å². The zero-order valence-electron chi connectivity index (χ0n) is 7.57. The van der Waals surface area contributed by atoms with Gasteiger partial charge in [0.05, 0.1) is 6.61 Å². The van der Waals surface area contributed by atoms with Gasteiger partial charge in [-0.1, -0.05) is 0 Å². The molecular formula is C6H11NaO6S. The molecule has 0 heterocycles. The molecule has 4 atom stereocenters. The van der Waals surface area contributed by atoms with Gasteiger partial charge in [-0.05, 0) is 0 Å². The Morgan fingerprint density at radius 1 is 1.14 bits per heavy atom. The molecule has 0 saturated carbocycles. The second-order valence-electron chi connectivity index (χ2n) is 2.49. The van der Waals surface area contributed by atoms with Gasteiger partial charge in [-0.3, -0.25) is 0 Å². The Labute approximate surface area is 108 Å². The number of hydrogen-bond acceptors (Lipinski definition) is 7. The van der Waals surface area contributed by atoms with Gasteiger partial charge in [-0.15, -0.1) is 0 Å². The predicted octanol–water partition coefficient (Wildman–Crippen LogP) is -6.50. The Morgan fingerprint density at radius 2 is 1.57 bits per heavy atom. The van der Waals surface area contributed by atoms with E-state index in [1.54, 1.807) is 0 Å². The molecule has 0 aromatic rings. The van der Waals surface area contributed by atoms with Crippen LogP contribution in [-0.2, 0) is 17.4 Å². The standard InChI is InChI=1S/C6H12O6S.Na/c7-1-2(8)3(9)4(10)5(11)6(12)13;/h2-5,7-11H,1H2,(H,12,13);/q;+1/p-1/t2-,3-,4+,5-;/m1./s1. The van der Waals surface area contributed by atoms with Gasteiger partial charge in [0, 0.05) is 5.12 Å². The van der Waals surface area contributed by atoms with E-state index in [1.807, 2.05) is 0 Å². The van der Waals surface area contributed by atoms with E-state index >= 15 is 0 Å². The van der Waals surface area contributed by atoms with Gasteiger partial charge in [0.2, 0.25) is 0 Å². The van der Waals surface area contributed by atoms with Crippen LogP contribution in [0.4, 0.5) is 0 Å². The molecular weight excluding hydrogens is 223 g/mol. The SMILES string of the molecule is O=C([S-])[C@H](O)[C@@H](O)[C@H](O)[C@H](O)CO.[Na+]. The average molecular weight is 234 g/mol. The first-order valence-corrected chi connectivity index (χ1v) is 3.86. The minimum Gasteiger partial charge on any atom is -0.739 e. The molecule has 0 aliphatic rings. The van der Waals surface area contributed by atoms with Crippen LogP contribution in [0.1, 0.15) is 0 Å². The average Bonchev–Trinajstić information content (AvgIpc) is 2.12. The van der Waals surface area contributed by atoms with Crippen molar-refractivity contribution in [3.63, 3.8) is 0 Å². The maximum Gasteiger partial charge on any atom is 1.00 e. The third-order valence-corrected chi connectivity index (χ3v) is 1.74. The summed E-state index contributed by atoms with van der Waals surface area (Å²) in [5.74, 6) is 0. The normalized spacial score (nSPS) is 18.9. The Bertz CT molecular complexity index is 180. The van der Waals surface area contributed by atoms with Crippen LogP contribution in [0.3, 0.4) is 0 Å². The number of carbonyl (C=O) groups is 1. The van der Waals surface area contributed by atoms with Gasteiger partial charge < -0.3 is 43.0 Å². The molecule has 0 amide bonds. The Kier molecular flexibility index (Phi) is 9.66. The number of hydrogen-bond donors (Lipinski definition) is 5. The summed E-state index contributed by atoms with van der Waals surface area (Å²) in [6.07, 6.45) is -7.27. The van der Waals surface area contributed by atoms with Gasteiger partial charge in [0.25, 0.3) is 0 Å². The van der Waals surface area contributed by atoms with E-state index in [0.717, 1.165) is 0 Å². The first-order valence-electron chi connectivity index (χ1n) is 3.45. The topological polar surface area (TPSA) is 118 Å². The van der Waals surface area contributed by atoms with Crippen molar-refractivity contribution < 1.29 is 59.9 Å². The first kappa shape index (κ1) is 17.1. The monoisotopic (exact) mass is 234 g/mol. The molecule has 0 aliphatic heterocycles. The third-order valence-electron chi connectivity index (χ3n) is 1.50. The largest absolute Gasteiger partial charge is 1.00 e. The van der Waals surface area contributed by atoms with E-state index in [0.29, 0.717) is 0 Å². The Morgan fingerprint density at radius 3 is 1.86 bits per heavy atom. The second kappa shape index (κ2) is 7.91. The van der Waals surface area contributed by atoms with Crippen molar-refractivity contribution in [2.24, 2.45) is 0 Å². The van der Waals surface area contributed by atoms with Gasteiger partial charge in [0.15, 0.2) is 0 Å². The summed E-state index contributed by atoms with van der Waals surface area (Å²) in [4.78, 5) is 10.4. The first-order chi connectivity index (χ1) is 5.91. The molecule has 0 rings (SSSR count). The molecule has 0 aromatic heterocycles. The number of carbonyl (C=O) groups excluding carboxylic acids is 1. The zero-order valence-corrected chi connectivity index (χ0v) is 10.4. The van der Waals surface area contributed by atoms with Crippen molar-refractivity contribution >= 4 is 17.7 Å². The fourth-order valence-corrected chi connectivity index (χ4v) is 0.801. The molecule has 6 nitrogen and oxygen atoms in total. The van der Waals surface area contributed by atoms with Crippen LogP contribution in [0, 0.1) is 0 Å². The van der Waals surface area contributed by atoms with E-state index < -0.39 is 36.1 Å². The van der Waals surface area contributed by atoms with Gasteiger partial charge in [-0.2, -0.15) is 0 Å². The smallest absolute Gasteiger partial charge is 0.739 e. The van der Waals surface area contributed by atoms with Crippen molar-refractivity contribution in [2.45, 2.75) is 24.4 Å². The van der Waals surface area contributed by atoms with Crippen LogP contribution in [0.5, 0.6) is 0 Å². The van der Waals surface area contributed by atoms with E-state index in [4.69, 9.17) is 25.5 Å². The fourth-order valence-electron chi connectivity index (χ4n) is 0.662. The van der Waals surface area contributed by atoms with Gasteiger partial charge in [0.1, 0.15) is 24.4 Å². The van der Waals surface area contributed by atoms with Crippen LogP contribution in [0.15, 0.2) is 0 Å². The molecule has 0 unspecified atom stereocenters. The van der Waals surface area contributed by atoms with E-state index in [2.05, 4.69) is 12.6 Å². The summed E-state index contributed by atoms with van der Waals surface area (Å²) in [7, 11) is 0. The maximum atomic E-state index is 10.4. The zero-order chi connectivity index (χ0) is 10.6. The van der Waals surface area contributed by atoms with Crippen molar-refractivity contribution in [3.05, 3.63) is 0 Å². The number of aliphatic hydroxyl groups is 5. The number of rotatable bonds is 5. The Hall–Kier alpha value is 0.690. The molecule has 0 fully saturated rings. The van der Waals surface area contributed by atoms with Crippen molar-refractivity contribution in [2.75, 3.05) is 6.61 Å². The predicted molar refractivity (Wildman–Crippen MR) is 43.5 cm³/mol.